The molecule has 6 amide bonds. The normalized spacial score (nSPS) is 11.3. The highest BCUT2D eigenvalue weighted by molar-refractivity contribution is 7.86. The number of benzene rings is 10. The minimum Gasteiger partial charge on any atom is -0.322 e. The van der Waals surface area contributed by atoms with E-state index in [1.165, 1.54) is 133 Å². The summed E-state index contributed by atoms with van der Waals surface area (Å²) in [6, 6.07) is 54.2. The van der Waals surface area contributed by atoms with E-state index in [9.17, 15) is 67.7 Å². The van der Waals surface area contributed by atoms with E-state index in [2.05, 4.69) is 45.1 Å². The van der Waals surface area contributed by atoms with Crippen LogP contribution >= 0.6 is 0 Å². The van der Waals surface area contributed by atoms with Crippen LogP contribution in [0.5, 0.6) is 0 Å². The number of hydrogen-bond donors (Lipinski definition) is 9. The first-order chi connectivity index (χ1) is 44.8. The monoisotopic (exact) mass is 1310 g/mol. The Morgan fingerprint density at radius 1 is 0.277 bits per heavy atom. The van der Waals surface area contributed by atoms with Crippen molar-refractivity contribution < 1.29 is 67.7 Å². The molecule has 0 spiro atoms. The molecular weight excluding hydrogens is 1260 g/mol. The highest BCUT2D eigenvalue weighted by atomic mass is 32.2. The van der Waals surface area contributed by atoms with E-state index in [0.717, 1.165) is 29.3 Å². The van der Waals surface area contributed by atoms with Gasteiger partial charge in [0.05, 0.1) is 0 Å². The van der Waals surface area contributed by atoms with E-state index in [1.807, 2.05) is 0 Å². The molecule has 10 rings (SSSR count). The standard InChI is InChI=1S/C70H52N6O15S3/c1-3-42-8-12-47(13-9-42)65(77)71-53-26-20-44(21-27-53)59-36-33-57(40-63(59)93(86,87)88)75-68(80)50-18-16-49(17-19-50)66(78)72-54-28-22-45(23-29-54)61-37-34-58(41-64(61)94(89,90)91)76-70(82)52-7-5-6-51(38-52)69(81)73-55-30-24-46(25-31-55)60-35-32-56(39-62(60)92(83,84)85)74-67(79)48-14-10-43(4-2)11-15-48/h3-41H,1-2H2,(H,71,77)(H,72,78)(H,73,81)(H,74,79)(H,75,80)(H,76,82)(H,83,84,85)(H,86,87,88)(H,89,90,91). The molecule has 0 bridgehead atoms. The van der Waals surface area contributed by atoms with Crippen LogP contribution in [0.3, 0.4) is 0 Å². The third-order valence-corrected chi connectivity index (χ3v) is 17.2. The lowest BCUT2D eigenvalue weighted by Gasteiger charge is -2.13. The summed E-state index contributed by atoms with van der Waals surface area (Å²) in [5.74, 6) is -3.53. The first-order valence-corrected chi connectivity index (χ1v) is 32.3. The first-order valence-electron chi connectivity index (χ1n) is 28.0. The first kappa shape index (κ1) is 65.2. The molecule has 24 heteroatoms. The molecule has 470 valence electrons. The molecule has 0 aromatic heterocycles. The van der Waals surface area contributed by atoms with Gasteiger partial charge in [-0.05, 0) is 167 Å². The highest BCUT2D eigenvalue weighted by Gasteiger charge is 2.24. The molecule has 0 fully saturated rings. The van der Waals surface area contributed by atoms with Crippen LogP contribution in [0.4, 0.5) is 34.1 Å². The minimum absolute atomic E-state index is 0.00211. The fraction of sp³-hybridized carbons (Fsp3) is 0. The van der Waals surface area contributed by atoms with Gasteiger partial charge in [-0.15, -0.1) is 0 Å². The second-order valence-electron chi connectivity index (χ2n) is 20.8. The average Bonchev–Trinajstić information content (AvgIpc) is 0.840. The summed E-state index contributed by atoms with van der Waals surface area (Å²) in [6.07, 6.45) is 3.26. The molecule has 0 heterocycles. The number of carbonyl (C=O) groups excluding carboxylic acids is 6. The van der Waals surface area contributed by atoms with Crippen LogP contribution in [0.15, 0.2) is 252 Å². The number of nitrogens with one attached hydrogen (secondary N) is 6. The molecule has 0 aliphatic heterocycles. The third-order valence-electron chi connectivity index (χ3n) is 14.5. The Morgan fingerprint density at radius 2 is 0.500 bits per heavy atom. The van der Waals surface area contributed by atoms with Gasteiger partial charge in [-0.1, -0.05) is 110 Å². The van der Waals surface area contributed by atoms with Gasteiger partial charge >= 0.3 is 0 Å². The number of anilines is 6. The summed E-state index contributed by atoms with van der Waals surface area (Å²) in [5.41, 5.74) is 4.97. The SMILES string of the molecule is C=Cc1ccc(C(=O)Nc2ccc(-c3ccc(NC(=O)c4ccc(C(=O)Nc5ccc(-c6ccc(NC(=O)c7cccc(C(=O)Nc8ccc(-c9ccc(NC(=O)c%10ccc(C=C)cc%10)cc9S(=O)(=O)O)cc8)c7)cc6S(=O)(=O)O)cc5)cc4)cc3S(=O)(=O)O)cc2)cc1. The summed E-state index contributed by atoms with van der Waals surface area (Å²) >= 11 is 0. The van der Waals surface area contributed by atoms with Gasteiger partial charge in [0.25, 0.3) is 65.8 Å². The highest BCUT2D eigenvalue weighted by Crippen LogP contribution is 2.35. The Morgan fingerprint density at radius 3 is 0.745 bits per heavy atom. The van der Waals surface area contributed by atoms with Crippen molar-refractivity contribution in [2.24, 2.45) is 0 Å². The smallest absolute Gasteiger partial charge is 0.295 e. The van der Waals surface area contributed by atoms with Crippen LogP contribution in [0.2, 0.25) is 0 Å². The summed E-state index contributed by atoms with van der Waals surface area (Å²) in [7, 11) is -14.5. The average molecular weight is 1310 g/mol. The van der Waals surface area contributed by atoms with Gasteiger partial charge in [-0.25, -0.2) is 0 Å². The van der Waals surface area contributed by atoms with Crippen molar-refractivity contribution >= 4 is 112 Å². The van der Waals surface area contributed by atoms with E-state index in [1.54, 1.807) is 84.9 Å². The topological polar surface area (TPSA) is 338 Å². The molecule has 0 unspecified atom stereocenters. The molecular formula is C70H52N6O15S3. The van der Waals surface area contributed by atoms with Crippen molar-refractivity contribution in [1.82, 2.24) is 0 Å². The molecule has 0 atom stereocenters. The number of rotatable bonds is 20. The summed E-state index contributed by atoms with van der Waals surface area (Å²) in [4.78, 5) is 77.8. The van der Waals surface area contributed by atoms with Crippen LogP contribution in [-0.2, 0) is 30.4 Å². The molecule has 21 nitrogen and oxygen atoms in total. The van der Waals surface area contributed by atoms with Gasteiger partial charge < -0.3 is 31.9 Å². The van der Waals surface area contributed by atoms with Crippen molar-refractivity contribution in [3.63, 3.8) is 0 Å². The van der Waals surface area contributed by atoms with Gasteiger partial charge in [0.1, 0.15) is 14.7 Å². The fourth-order valence-corrected chi connectivity index (χ4v) is 11.9. The Hall–Kier alpha value is -11.8. The van der Waals surface area contributed by atoms with E-state index >= 15 is 0 Å². The number of hydrogen-bond acceptors (Lipinski definition) is 12. The molecule has 9 N–H and O–H groups in total. The van der Waals surface area contributed by atoms with Crippen LogP contribution < -0.4 is 31.9 Å². The quantitative estimate of drug-likeness (QED) is 0.0320. The molecule has 10 aromatic carbocycles. The number of carbonyl (C=O) groups is 6. The third kappa shape index (κ3) is 15.7. The zero-order chi connectivity index (χ0) is 67.1. The second kappa shape index (κ2) is 27.4. The zero-order valence-corrected chi connectivity index (χ0v) is 51.3. The fourth-order valence-electron chi connectivity index (χ4n) is 9.69. The molecule has 0 aliphatic carbocycles. The Balaban J connectivity index is 0.737. The van der Waals surface area contributed by atoms with Crippen LogP contribution in [-0.4, -0.2) is 74.4 Å². The van der Waals surface area contributed by atoms with Crippen molar-refractivity contribution in [3.8, 4) is 33.4 Å². The van der Waals surface area contributed by atoms with Gasteiger partial charge in [0.2, 0.25) is 0 Å². The van der Waals surface area contributed by atoms with Crippen molar-refractivity contribution in [3.05, 3.63) is 282 Å². The number of amides is 6. The van der Waals surface area contributed by atoms with Gasteiger partial charge in [-0.2, -0.15) is 25.3 Å². The van der Waals surface area contributed by atoms with Gasteiger partial charge in [0, 0.05) is 84.2 Å². The molecule has 0 aliphatic rings. The molecule has 0 saturated carbocycles. The predicted octanol–water partition coefficient (Wildman–Crippen LogP) is 13.2. The lowest BCUT2D eigenvalue weighted by Crippen LogP contribution is -2.16. The molecule has 10 aromatic rings. The van der Waals surface area contributed by atoms with Gasteiger partial charge in [0.15, 0.2) is 0 Å². The lowest BCUT2D eigenvalue weighted by atomic mass is 10.0. The van der Waals surface area contributed by atoms with Crippen molar-refractivity contribution in [1.29, 1.82) is 0 Å². The maximum Gasteiger partial charge on any atom is 0.295 e. The molecule has 0 radical (unpaired) electrons. The summed E-state index contributed by atoms with van der Waals surface area (Å²) < 4.78 is 107. The van der Waals surface area contributed by atoms with Crippen molar-refractivity contribution in [2.45, 2.75) is 14.7 Å². The Kier molecular flexibility index (Phi) is 19.0. The lowest BCUT2D eigenvalue weighted by molar-refractivity contribution is 0.101. The Labute approximate surface area is 538 Å². The molecule has 0 saturated heterocycles. The van der Waals surface area contributed by atoms with E-state index in [0.29, 0.717) is 33.5 Å². The molecule has 94 heavy (non-hydrogen) atoms. The van der Waals surface area contributed by atoms with E-state index in [-0.39, 0.29) is 73.3 Å². The minimum atomic E-state index is -4.92. The zero-order valence-electron chi connectivity index (χ0n) is 48.9. The Bertz CT molecular complexity index is 5050. The van der Waals surface area contributed by atoms with E-state index in [4.69, 9.17) is 0 Å². The van der Waals surface area contributed by atoms with Crippen LogP contribution in [0.25, 0.3) is 45.5 Å². The summed E-state index contributed by atoms with van der Waals surface area (Å²) in [5, 5.41) is 16.0. The maximum absolute atomic E-state index is 13.6. The largest absolute Gasteiger partial charge is 0.322 e. The second-order valence-corrected chi connectivity index (χ2v) is 25.0. The van der Waals surface area contributed by atoms with Crippen molar-refractivity contribution in [2.75, 3.05) is 31.9 Å². The van der Waals surface area contributed by atoms with Crippen LogP contribution in [0.1, 0.15) is 73.3 Å². The predicted molar refractivity (Wildman–Crippen MR) is 359 cm³/mol. The maximum atomic E-state index is 13.6. The van der Waals surface area contributed by atoms with Crippen LogP contribution in [0, 0.1) is 0 Å². The summed E-state index contributed by atoms with van der Waals surface area (Å²) in [6.45, 7) is 7.38. The van der Waals surface area contributed by atoms with E-state index < -0.39 is 74.6 Å². The van der Waals surface area contributed by atoms with Gasteiger partial charge in [-0.3, -0.25) is 42.4 Å².